The van der Waals surface area contributed by atoms with Gasteiger partial charge >= 0.3 is 7.75 Å². The largest absolute Gasteiger partial charge is 0.437 e. The molecule has 0 aliphatic carbocycles. The molecule has 0 bridgehead atoms. The number of rotatable bonds is 4. The van der Waals surface area contributed by atoms with E-state index in [9.17, 15) is 14.6 Å². The van der Waals surface area contributed by atoms with Crippen LogP contribution in [-0.2, 0) is 13.8 Å². The SMILES string of the molecule is Cc1nccn1P(=O)(O)OCC1OCC[C@H]1O. The number of ether oxygens (including phenoxy) is 1. The number of aromatic nitrogens is 2. The first-order valence-electron chi connectivity index (χ1n) is 5.28. The Morgan fingerprint density at radius 1 is 1.76 bits per heavy atom. The van der Waals surface area contributed by atoms with Crippen molar-refractivity contribution in [1.82, 2.24) is 9.32 Å². The molecule has 7 nitrogen and oxygen atoms in total. The highest BCUT2D eigenvalue weighted by molar-refractivity contribution is 7.51. The first-order chi connectivity index (χ1) is 8.00. The Balaban J connectivity index is 1.98. The lowest BCUT2D eigenvalue weighted by molar-refractivity contribution is 0.00782. The van der Waals surface area contributed by atoms with E-state index in [4.69, 9.17) is 9.26 Å². The van der Waals surface area contributed by atoms with Crippen molar-refractivity contribution in [2.24, 2.45) is 0 Å². The Hall–Kier alpha value is -0.720. The second-order valence-corrected chi connectivity index (χ2v) is 5.54. The lowest BCUT2D eigenvalue weighted by atomic mass is 10.2. The highest BCUT2D eigenvalue weighted by Gasteiger charge is 2.31. The summed E-state index contributed by atoms with van der Waals surface area (Å²) in [5.41, 5.74) is 0. The van der Waals surface area contributed by atoms with E-state index in [1.807, 2.05) is 0 Å². The molecule has 1 saturated heterocycles. The highest BCUT2D eigenvalue weighted by Crippen LogP contribution is 2.44. The molecule has 2 rings (SSSR count). The molecule has 0 amide bonds. The number of hydrogen-bond acceptors (Lipinski definition) is 5. The number of aryl methyl sites for hydroxylation is 1. The van der Waals surface area contributed by atoms with Gasteiger partial charge in [0.25, 0.3) is 0 Å². The van der Waals surface area contributed by atoms with E-state index in [1.54, 1.807) is 6.92 Å². The average molecular weight is 262 g/mol. The first kappa shape index (κ1) is 12.7. The van der Waals surface area contributed by atoms with Gasteiger partial charge in [-0.2, -0.15) is 0 Å². The van der Waals surface area contributed by atoms with Crippen LogP contribution in [-0.4, -0.2) is 44.7 Å². The molecule has 0 aromatic carbocycles. The van der Waals surface area contributed by atoms with E-state index in [1.165, 1.54) is 12.4 Å². The van der Waals surface area contributed by atoms with Crippen LogP contribution < -0.4 is 0 Å². The second-order valence-electron chi connectivity index (χ2n) is 3.87. The van der Waals surface area contributed by atoms with Crippen molar-refractivity contribution in [3.8, 4) is 0 Å². The van der Waals surface area contributed by atoms with Gasteiger partial charge in [-0.1, -0.05) is 0 Å². The Bertz CT molecular complexity index is 435. The van der Waals surface area contributed by atoms with Crippen LogP contribution in [0.5, 0.6) is 0 Å². The summed E-state index contributed by atoms with van der Waals surface area (Å²) >= 11 is 0. The standard InChI is InChI=1S/C9H15N2O5P/c1-7-10-3-4-11(7)17(13,14)16-6-9-8(12)2-5-15-9/h3-4,8-9,12H,2,5-6H2,1H3,(H,13,14)/t8-,9?/m1/s1. The number of imidazole rings is 1. The maximum Gasteiger partial charge on any atom is 0.437 e. The molecule has 1 aliphatic rings. The molecular formula is C9H15N2O5P. The molecule has 1 aliphatic heterocycles. The zero-order valence-electron chi connectivity index (χ0n) is 9.39. The summed E-state index contributed by atoms with van der Waals surface area (Å²) in [4.78, 5) is 13.6. The van der Waals surface area contributed by atoms with Crippen molar-refractivity contribution in [2.45, 2.75) is 25.6 Å². The Kier molecular flexibility index (Phi) is 3.65. The van der Waals surface area contributed by atoms with Crippen LogP contribution >= 0.6 is 7.75 Å². The normalized spacial score (nSPS) is 28.2. The summed E-state index contributed by atoms with van der Waals surface area (Å²) in [6.45, 7) is 1.93. The molecule has 2 unspecified atom stereocenters. The van der Waals surface area contributed by atoms with E-state index < -0.39 is 20.0 Å². The van der Waals surface area contributed by atoms with Gasteiger partial charge in [0.1, 0.15) is 11.9 Å². The fourth-order valence-corrected chi connectivity index (χ4v) is 2.78. The van der Waals surface area contributed by atoms with Crippen LogP contribution in [0.1, 0.15) is 12.2 Å². The summed E-state index contributed by atoms with van der Waals surface area (Å²) in [5, 5.41) is 9.48. The molecule has 0 radical (unpaired) electrons. The zero-order valence-corrected chi connectivity index (χ0v) is 10.3. The number of aliphatic hydroxyl groups excluding tert-OH is 1. The van der Waals surface area contributed by atoms with Crippen LogP contribution in [0, 0.1) is 6.92 Å². The predicted octanol–water partition coefficient (Wildman–Crippen LogP) is 0.306. The number of aliphatic hydroxyl groups is 1. The first-order valence-corrected chi connectivity index (χ1v) is 6.81. The monoisotopic (exact) mass is 262 g/mol. The third-order valence-electron chi connectivity index (χ3n) is 2.65. The molecule has 2 heterocycles. The van der Waals surface area contributed by atoms with Gasteiger partial charge in [-0.15, -0.1) is 0 Å². The van der Waals surface area contributed by atoms with Crippen molar-refractivity contribution < 1.29 is 23.8 Å². The molecule has 1 fully saturated rings. The van der Waals surface area contributed by atoms with Crippen molar-refractivity contribution in [2.75, 3.05) is 13.2 Å². The summed E-state index contributed by atoms with van der Waals surface area (Å²) in [7, 11) is -3.95. The second kappa shape index (κ2) is 4.88. The molecule has 96 valence electrons. The predicted molar refractivity (Wildman–Crippen MR) is 58.5 cm³/mol. The lowest BCUT2D eigenvalue weighted by Crippen LogP contribution is -2.26. The third-order valence-corrected chi connectivity index (χ3v) is 4.11. The molecule has 1 aromatic heterocycles. The quantitative estimate of drug-likeness (QED) is 0.758. The smallest absolute Gasteiger partial charge is 0.390 e. The van der Waals surface area contributed by atoms with E-state index in [0.717, 1.165) is 4.34 Å². The summed E-state index contributed by atoms with van der Waals surface area (Å²) in [6, 6.07) is 0. The fourth-order valence-electron chi connectivity index (χ4n) is 1.67. The van der Waals surface area contributed by atoms with Crippen LogP contribution in [0.25, 0.3) is 0 Å². The van der Waals surface area contributed by atoms with Gasteiger partial charge in [0.15, 0.2) is 0 Å². The Morgan fingerprint density at radius 2 is 2.53 bits per heavy atom. The van der Waals surface area contributed by atoms with Gasteiger partial charge < -0.3 is 14.7 Å². The molecule has 0 saturated carbocycles. The lowest BCUT2D eigenvalue weighted by Gasteiger charge is -2.18. The summed E-state index contributed by atoms with van der Waals surface area (Å²) < 4.78 is 23.1. The van der Waals surface area contributed by atoms with Gasteiger partial charge in [0, 0.05) is 19.0 Å². The van der Waals surface area contributed by atoms with E-state index in [0.29, 0.717) is 18.9 Å². The van der Waals surface area contributed by atoms with E-state index in [2.05, 4.69) is 4.98 Å². The topological polar surface area (TPSA) is 93.8 Å². The van der Waals surface area contributed by atoms with Crippen molar-refractivity contribution in [3.05, 3.63) is 18.2 Å². The average Bonchev–Trinajstić information content (AvgIpc) is 2.85. The molecule has 2 N–H and O–H groups in total. The maximum atomic E-state index is 11.9. The van der Waals surface area contributed by atoms with E-state index in [-0.39, 0.29) is 6.61 Å². The van der Waals surface area contributed by atoms with Crippen LogP contribution in [0.3, 0.4) is 0 Å². The third kappa shape index (κ3) is 2.75. The minimum Gasteiger partial charge on any atom is -0.390 e. The van der Waals surface area contributed by atoms with Gasteiger partial charge in [-0.3, -0.25) is 4.52 Å². The Labute approximate surface area is 98.6 Å². The maximum absolute atomic E-state index is 11.9. The molecule has 1 aromatic rings. The summed E-state index contributed by atoms with van der Waals surface area (Å²) in [6.07, 6.45) is 2.14. The molecule has 8 heteroatoms. The van der Waals surface area contributed by atoms with Crippen LogP contribution in [0.15, 0.2) is 12.4 Å². The summed E-state index contributed by atoms with van der Waals surface area (Å²) in [5.74, 6) is 0.392. The highest BCUT2D eigenvalue weighted by atomic mass is 31.2. The molecule has 3 atom stereocenters. The van der Waals surface area contributed by atoms with Gasteiger partial charge in [0.05, 0.1) is 12.7 Å². The van der Waals surface area contributed by atoms with Crippen molar-refractivity contribution in [1.29, 1.82) is 0 Å². The van der Waals surface area contributed by atoms with E-state index >= 15 is 0 Å². The molecular weight excluding hydrogens is 247 g/mol. The fraction of sp³-hybridized carbons (Fsp3) is 0.667. The van der Waals surface area contributed by atoms with Crippen molar-refractivity contribution in [3.63, 3.8) is 0 Å². The molecule has 0 spiro atoms. The minimum absolute atomic E-state index is 0.118. The Morgan fingerprint density at radius 3 is 3.06 bits per heavy atom. The van der Waals surface area contributed by atoms with Gasteiger partial charge in [-0.25, -0.2) is 13.9 Å². The van der Waals surface area contributed by atoms with Crippen LogP contribution in [0.2, 0.25) is 0 Å². The van der Waals surface area contributed by atoms with Gasteiger partial charge in [-0.05, 0) is 13.3 Å². The zero-order chi connectivity index (χ0) is 12.5. The molecule has 17 heavy (non-hydrogen) atoms. The van der Waals surface area contributed by atoms with Crippen molar-refractivity contribution >= 4 is 7.75 Å². The van der Waals surface area contributed by atoms with Gasteiger partial charge in [0.2, 0.25) is 0 Å². The van der Waals surface area contributed by atoms with Crippen LogP contribution in [0.4, 0.5) is 0 Å². The minimum atomic E-state index is -3.95. The number of nitrogens with zero attached hydrogens (tertiary/aromatic N) is 2. The number of hydrogen-bond donors (Lipinski definition) is 2.